The van der Waals surface area contributed by atoms with E-state index >= 15 is 0 Å². The highest BCUT2D eigenvalue weighted by Crippen LogP contribution is 2.31. The van der Waals surface area contributed by atoms with E-state index in [0.29, 0.717) is 6.04 Å². The van der Waals surface area contributed by atoms with Gasteiger partial charge in [0.2, 0.25) is 0 Å². The maximum absolute atomic E-state index is 12.7. The number of amides is 1. The van der Waals surface area contributed by atoms with Gasteiger partial charge in [-0.05, 0) is 80.5 Å². The average molecular weight is 486 g/mol. The van der Waals surface area contributed by atoms with Crippen LogP contribution in [-0.2, 0) is 13.0 Å². The number of fused-ring (bicyclic) bond motifs is 3. The number of nitrogens with one attached hydrogen (secondary N) is 3. The third-order valence-corrected chi connectivity index (χ3v) is 7.87. The highest BCUT2D eigenvalue weighted by molar-refractivity contribution is 5.96. The van der Waals surface area contributed by atoms with E-state index in [9.17, 15) is 9.59 Å². The fraction of sp³-hybridized carbons (Fsp3) is 0.448. The third-order valence-electron chi connectivity index (χ3n) is 7.87. The van der Waals surface area contributed by atoms with E-state index in [1.54, 1.807) is 0 Å². The molecule has 0 atom stereocenters. The van der Waals surface area contributed by atoms with Crippen molar-refractivity contribution in [3.8, 4) is 0 Å². The molecule has 1 amide bonds. The number of rotatable bonds is 5. The Morgan fingerprint density at radius 3 is 2.61 bits per heavy atom. The first-order chi connectivity index (χ1) is 17.5. The van der Waals surface area contributed by atoms with Crippen molar-refractivity contribution in [3.63, 3.8) is 0 Å². The Balaban J connectivity index is 1.13. The van der Waals surface area contributed by atoms with E-state index < -0.39 is 0 Å². The molecule has 2 fully saturated rings. The number of piperazine rings is 1. The molecule has 0 spiro atoms. The number of aromatic nitrogens is 1. The van der Waals surface area contributed by atoms with Crippen LogP contribution in [0.15, 0.2) is 35.1 Å². The van der Waals surface area contributed by atoms with Crippen molar-refractivity contribution in [2.24, 2.45) is 0 Å². The number of hydrogen-bond acceptors (Lipinski definition) is 5. The van der Waals surface area contributed by atoms with E-state index in [-0.39, 0.29) is 11.5 Å². The predicted molar refractivity (Wildman–Crippen MR) is 145 cm³/mol. The summed E-state index contributed by atoms with van der Waals surface area (Å²) in [4.78, 5) is 33.1. The second-order valence-corrected chi connectivity index (χ2v) is 10.7. The van der Waals surface area contributed by atoms with Gasteiger partial charge in [0.05, 0.1) is 11.2 Å². The molecule has 7 heteroatoms. The Labute approximate surface area is 211 Å². The van der Waals surface area contributed by atoms with Crippen molar-refractivity contribution in [1.29, 1.82) is 0 Å². The van der Waals surface area contributed by atoms with Crippen molar-refractivity contribution >= 4 is 28.2 Å². The van der Waals surface area contributed by atoms with E-state index in [2.05, 4.69) is 57.5 Å². The van der Waals surface area contributed by atoms with Crippen molar-refractivity contribution in [2.75, 3.05) is 42.9 Å². The maximum atomic E-state index is 12.7. The zero-order valence-electron chi connectivity index (χ0n) is 21.2. The van der Waals surface area contributed by atoms with E-state index in [4.69, 9.17) is 0 Å². The van der Waals surface area contributed by atoms with Gasteiger partial charge in [0.1, 0.15) is 0 Å². The van der Waals surface area contributed by atoms with Gasteiger partial charge in [-0.3, -0.25) is 14.5 Å². The number of carbonyl (C=O) groups excluding carboxylic acids is 1. The number of pyridine rings is 1. The smallest absolute Gasteiger partial charge is 0.253 e. The van der Waals surface area contributed by atoms with Gasteiger partial charge in [-0.2, -0.15) is 0 Å². The first-order valence-electron chi connectivity index (χ1n) is 13.3. The summed E-state index contributed by atoms with van der Waals surface area (Å²) in [5.74, 6) is 0.0419. The molecule has 1 saturated heterocycles. The number of carbonyl (C=O) groups is 1. The molecule has 36 heavy (non-hydrogen) atoms. The van der Waals surface area contributed by atoms with Crippen LogP contribution in [0.5, 0.6) is 0 Å². The molecule has 3 heterocycles. The molecule has 1 saturated carbocycles. The maximum Gasteiger partial charge on any atom is 0.253 e. The number of aryl methyl sites for hydroxylation is 2. The minimum Gasteiger partial charge on any atom is -0.384 e. The fourth-order valence-corrected chi connectivity index (χ4v) is 5.81. The zero-order chi connectivity index (χ0) is 24.8. The molecule has 7 nitrogen and oxygen atoms in total. The summed E-state index contributed by atoms with van der Waals surface area (Å²) in [5, 5.41) is 7.71. The summed E-state index contributed by atoms with van der Waals surface area (Å²) >= 11 is 0. The van der Waals surface area contributed by atoms with Crippen LogP contribution >= 0.6 is 0 Å². The van der Waals surface area contributed by atoms with Crippen LogP contribution in [-0.4, -0.2) is 54.6 Å². The molecule has 188 valence electrons. The van der Waals surface area contributed by atoms with Crippen LogP contribution in [0.2, 0.25) is 0 Å². The minimum atomic E-state index is 0.0419. The van der Waals surface area contributed by atoms with Crippen LogP contribution in [0, 0.1) is 13.8 Å². The monoisotopic (exact) mass is 485 g/mol. The largest absolute Gasteiger partial charge is 0.384 e. The number of hydrogen-bond donors (Lipinski definition) is 3. The Bertz CT molecular complexity index is 1380. The molecule has 6 rings (SSSR count). The van der Waals surface area contributed by atoms with Crippen LogP contribution in [0.3, 0.4) is 0 Å². The predicted octanol–water partition coefficient (Wildman–Crippen LogP) is 3.72. The van der Waals surface area contributed by atoms with Crippen molar-refractivity contribution < 1.29 is 4.79 Å². The van der Waals surface area contributed by atoms with Crippen molar-refractivity contribution in [2.45, 2.75) is 52.1 Å². The summed E-state index contributed by atoms with van der Waals surface area (Å²) in [6.45, 7) is 9.90. The lowest BCUT2D eigenvalue weighted by Gasteiger charge is -2.37. The molecule has 3 N–H and O–H groups in total. The second kappa shape index (κ2) is 9.28. The number of anilines is 2. The summed E-state index contributed by atoms with van der Waals surface area (Å²) in [5.41, 5.74) is 8.47. The quantitative estimate of drug-likeness (QED) is 0.513. The number of nitrogens with zero attached hydrogens (tertiary/aromatic N) is 2. The first-order valence-corrected chi connectivity index (χ1v) is 13.3. The summed E-state index contributed by atoms with van der Waals surface area (Å²) in [6, 6.07) is 10.9. The van der Waals surface area contributed by atoms with Gasteiger partial charge in [0.25, 0.3) is 11.5 Å². The molecular formula is C29H35N5O2. The lowest BCUT2D eigenvalue weighted by molar-refractivity contribution is 0.0951. The Morgan fingerprint density at radius 2 is 1.86 bits per heavy atom. The lowest BCUT2D eigenvalue weighted by atomic mass is 9.97. The van der Waals surface area contributed by atoms with Gasteiger partial charge >= 0.3 is 0 Å². The van der Waals surface area contributed by atoms with Gasteiger partial charge < -0.3 is 20.5 Å². The zero-order valence-corrected chi connectivity index (χ0v) is 21.2. The number of benzene rings is 2. The Morgan fingerprint density at radius 1 is 1.06 bits per heavy atom. The van der Waals surface area contributed by atoms with E-state index in [0.717, 1.165) is 98.2 Å². The van der Waals surface area contributed by atoms with Gasteiger partial charge in [0, 0.05) is 67.5 Å². The molecular weight excluding hydrogens is 450 g/mol. The van der Waals surface area contributed by atoms with E-state index in [1.807, 2.05) is 12.1 Å². The second-order valence-electron chi connectivity index (χ2n) is 10.7. The lowest BCUT2D eigenvalue weighted by Crippen LogP contribution is -2.46. The molecule has 3 aromatic rings. The molecule has 0 radical (unpaired) electrons. The molecule has 0 unspecified atom stereocenters. The topological polar surface area (TPSA) is 80.5 Å². The highest BCUT2D eigenvalue weighted by atomic mass is 16.1. The van der Waals surface area contributed by atoms with Crippen LogP contribution in [0.25, 0.3) is 10.9 Å². The van der Waals surface area contributed by atoms with Gasteiger partial charge in [-0.15, -0.1) is 0 Å². The number of H-pyrrole nitrogens is 1. The number of aromatic amines is 1. The van der Waals surface area contributed by atoms with Gasteiger partial charge in [-0.1, -0.05) is 6.07 Å². The molecule has 0 bridgehead atoms. The standard InChI is InChI=1S/C29H35N5O2/c1-18-15-21(28(35)31-22-6-7-22)5-8-25(18)34-12-10-33(11-13-34)17-20-14-19(2)26-24(16-20)32-29(36)23-4-3-9-30-27(23)26/h5,8,14-16,22,30H,3-4,6-7,9-13,17H2,1-2H3,(H,31,35)(H,32,36). The molecule has 1 aliphatic carbocycles. The molecule has 3 aliphatic rings. The van der Waals surface area contributed by atoms with Gasteiger partial charge in [-0.25, -0.2) is 0 Å². The van der Waals surface area contributed by atoms with Gasteiger partial charge in [0.15, 0.2) is 0 Å². The van der Waals surface area contributed by atoms with Crippen molar-refractivity contribution in [3.05, 3.63) is 68.5 Å². The Kier molecular flexibility index (Phi) is 5.96. The van der Waals surface area contributed by atoms with Crippen LogP contribution in [0.1, 0.15) is 51.9 Å². The SMILES string of the molecule is Cc1cc(C(=O)NC2CC2)ccc1N1CCN(Cc2cc(C)c3c4c(c(=O)[nH]c3c2)CCCN4)CC1. The summed E-state index contributed by atoms with van der Waals surface area (Å²) in [6.07, 6.45) is 4.05. The minimum absolute atomic E-state index is 0.0419. The fourth-order valence-electron chi connectivity index (χ4n) is 5.81. The van der Waals surface area contributed by atoms with Crippen molar-refractivity contribution in [1.82, 2.24) is 15.2 Å². The molecule has 2 aromatic carbocycles. The summed E-state index contributed by atoms with van der Waals surface area (Å²) in [7, 11) is 0. The first kappa shape index (κ1) is 23.1. The molecule has 2 aliphatic heterocycles. The van der Waals surface area contributed by atoms with Crippen LogP contribution < -0.4 is 21.1 Å². The Hall–Kier alpha value is -3.32. The molecule has 1 aromatic heterocycles. The van der Waals surface area contributed by atoms with Crippen LogP contribution in [0.4, 0.5) is 11.4 Å². The van der Waals surface area contributed by atoms with E-state index in [1.165, 1.54) is 16.8 Å². The third kappa shape index (κ3) is 4.48. The summed E-state index contributed by atoms with van der Waals surface area (Å²) < 4.78 is 0. The average Bonchev–Trinajstić information content (AvgIpc) is 3.68. The highest BCUT2D eigenvalue weighted by Gasteiger charge is 2.25. The normalized spacial score (nSPS) is 18.1.